The molecule has 5 heteroatoms. The van der Waals surface area contributed by atoms with Crippen molar-refractivity contribution in [1.29, 1.82) is 0 Å². The lowest BCUT2D eigenvalue weighted by Crippen LogP contribution is -2.34. The van der Waals surface area contributed by atoms with Gasteiger partial charge in [0.1, 0.15) is 17.3 Å². The summed E-state index contributed by atoms with van der Waals surface area (Å²) in [5.74, 6) is 2.07. The number of halogens is 1. The van der Waals surface area contributed by atoms with Gasteiger partial charge in [0.25, 0.3) is 5.91 Å². The van der Waals surface area contributed by atoms with Crippen LogP contribution in [0.2, 0.25) is 5.02 Å². The van der Waals surface area contributed by atoms with Crippen LogP contribution in [-0.2, 0) is 17.9 Å². The molecule has 0 unspecified atom stereocenters. The SMILES string of the molecule is Cc1ccc(CN(Cc2ccccc2)C(=O)COc2ccc(Cl)cc2)o1. The lowest BCUT2D eigenvalue weighted by Gasteiger charge is -2.22. The minimum atomic E-state index is -0.113. The molecule has 1 amide bonds. The van der Waals surface area contributed by atoms with Gasteiger partial charge in [0.2, 0.25) is 0 Å². The van der Waals surface area contributed by atoms with Crippen molar-refractivity contribution in [1.82, 2.24) is 4.90 Å². The van der Waals surface area contributed by atoms with Crippen LogP contribution in [0.5, 0.6) is 5.75 Å². The van der Waals surface area contributed by atoms with Gasteiger partial charge in [-0.3, -0.25) is 4.79 Å². The van der Waals surface area contributed by atoms with E-state index in [2.05, 4.69) is 0 Å². The number of hydrogen-bond donors (Lipinski definition) is 0. The maximum Gasteiger partial charge on any atom is 0.261 e. The van der Waals surface area contributed by atoms with Crippen LogP contribution in [0, 0.1) is 6.92 Å². The Morgan fingerprint density at radius 2 is 1.73 bits per heavy atom. The fraction of sp³-hybridized carbons (Fsp3) is 0.190. The van der Waals surface area contributed by atoms with Crippen LogP contribution in [0.3, 0.4) is 0 Å². The van der Waals surface area contributed by atoms with Crippen molar-refractivity contribution >= 4 is 17.5 Å². The summed E-state index contributed by atoms with van der Waals surface area (Å²) in [5.41, 5.74) is 1.05. The molecule has 4 nitrogen and oxygen atoms in total. The van der Waals surface area contributed by atoms with Gasteiger partial charge < -0.3 is 14.1 Å². The Kier molecular flexibility index (Phi) is 5.97. The van der Waals surface area contributed by atoms with Gasteiger partial charge in [-0.15, -0.1) is 0 Å². The van der Waals surface area contributed by atoms with E-state index in [9.17, 15) is 4.79 Å². The molecule has 0 atom stereocenters. The second kappa shape index (κ2) is 8.59. The number of rotatable bonds is 7. The predicted octanol–water partition coefficient (Wildman–Crippen LogP) is 4.85. The summed E-state index contributed by atoms with van der Waals surface area (Å²) in [6.45, 7) is 2.72. The highest BCUT2D eigenvalue weighted by Crippen LogP contribution is 2.17. The maximum atomic E-state index is 12.7. The van der Waals surface area contributed by atoms with E-state index in [0.29, 0.717) is 23.9 Å². The first-order valence-corrected chi connectivity index (χ1v) is 8.73. The van der Waals surface area contributed by atoms with Gasteiger partial charge in [0.05, 0.1) is 6.54 Å². The highest BCUT2D eigenvalue weighted by molar-refractivity contribution is 6.30. The van der Waals surface area contributed by atoms with Crippen molar-refractivity contribution in [3.63, 3.8) is 0 Å². The van der Waals surface area contributed by atoms with E-state index in [-0.39, 0.29) is 12.5 Å². The quantitative estimate of drug-likeness (QED) is 0.598. The first kappa shape index (κ1) is 18.1. The van der Waals surface area contributed by atoms with E-state index in [4.69, 9.17) is 20.8 Å². The zero-order chi connectivity index (χ0) is 18.4. The summed E-state index contributed by atoms with van der Waals surface area (Å²) in [5, 5.41) is 0.627. The molecular formula is C21H20ClNO3. The third-order valence-corrected chi connectivity index (χ3v) is 4.14. The molecule has 2 aromatic carbocycles. The number of hydrogen-bond acceptors (Lipinski definition) is 3. The molecule has 0 bridgehead atoms. The third-order valence-electron chi connectivity index (χ3n) is 3.89. The largest absolute Gasteiger partial charge is 0.484 e. The topological polar surface area (TPSA) is 42.7 Å². The molecule has 26 heavy (non-hydrogen) atoms. The molecule has 0 radical (unpaired) electrons. The molecule has 0 saturated heterocycles. The predicted molar refractivity (Wildman–Crippen MR) is 101 cm³/mol. The Balaban J connectivity index is 1.68. The van der Waals surface area contributed by atoms with Gasteiger partial charge in [-0.1, -0.05) is 41.9 Å². The second-order valence-corrected chi connectivity index (χ2v) is 6.43. The standard InChI is InChI=1S/C21H20ClNO3/c1-16-7-10-20(26-16)14-23(13-17-5-3-2-4-6-17)21(24)15-25-19-11-8-18(22)9-12-19/h2-12H,13-15H2,1H3. The van der Waals surface area contributed by atoms with Gasteiger partial charge in [0.15, 0.2) is 6.61 Å². The van der Waals surface area contributed by atoms with Crippen molar-refractivity contribution in [2.75, 3.05) is 6.61 Å². The average molecular weight is 370 g/mol. The number of nitrogens with zero attached hydrogens (tertiary/aromatic N) is 1. The van der Waals surface area contributed by atoms with Gasteiger partial charge in [-0.05, 0) is 48.9 Å². The molecule has 3 rings (SSSR count). The van der Waals surface area contributed by atoms with Crippen LogP contribution < -0.4 is 4.74 Å². The van der Waals surface area contributed by atoms with Crippen molar-refractivity contribution < 1.29 is 13.9 Å². The van der Waals surface area contributed by atoms with E-state index in [1.807, 2.05) is 49.4 Å². The normalized spacial score (nSPS) is 10.5. The van der Waals surface area contributed by atoms with Crippen molar-refractivity contribution in [2.24, 2.45) is 0 Å². The molecule has 1 aromatic heterocycles. The van der Waals surface area contributed by atoms with Gasteiger partial charge in [0, 0.05) is 11.6 Å². The van der Waals surface area contributed by atoms with Crippen molar-refractivity contribution in [3.05, 3.63) is 88.8 Å². The Labute approximate surface area is 158 Å². The molecule has 0 aliphatic rings. The Morgan fingerprint density at radius 1 is 1.00 bits per heavy atom. The third kappa shape index (κ3) is 5.14. The zero-order valence-corrected chi connectivity index (χ0v) is 15.3. The molecule has 0 fully saturated rings. The summed E-state index contributed by atoms with van der Waals surface area (Å²) in [6.07, 6.45) is 0. The fourth-order valence-corrected chi connectivity index (χ4v) is 2.69. The molecule has 1 heterocycles. The number of benzene rings is 2. The zero-order valence-electron chi connectivity index (χ0n) is 14.5. The first-order chi connectivity index (χ1) is 12.6. The second-order valence-electron chi connectivity index (χ2n) is 5.99. The summed E-state index contributed by atoms with van der Waals surface area (Å²) in [7, 11) is 0. The molecule has 0 saturated carbocycles. The molecule has 0 spiro atoms. The van der Waals surface area contributed by atoms with Crippen LogP contribution in [0.1, 0.15) is 17.1 Å². The average Bonchev–Trinajstić information content (AvgIpc) is 3.06. The highest BCUT2D eigenvalue weighted by Gasteiger charge is 2.17. The molecule has 0 aliphatic heterocycles. The molecular weight excluding hydrogens is 350 g/mol. The number of aryl methyl sites for hydroxylation is 1. The van der Waals surface area contributed by atoms with Crippen molar-refractivity contribution in [2.45, 2.75) is 20.0 Å². The van der Waals surface area contributed by atoms with E-state index >= 15 is 0 Å². The summed E-state index contributed by atoms with van der Waals surface area (Å²) >= 11 is 5.87. The molecule has 0 N–H and O–H groups in total. The van der Waals surface area contributed by atoms with Gasteiger partial charge in [-0.25, -0.2) is 0 Å². The van der Waals surface area contributed by atoms with Crippen molar-refractivity contribution in [3.8, 4) is 5.75 Å². The van der Waals surface area contributed by atoms with Crippen LogP contribution in [-0.4, -0.2) is 17.4 Å². The summed E-state index contributed by atoms with van der Waals surface area (Å²) < 4.78 is 11.2. The highest BCUT2D eigenvalue weighted by atomic mass is 35.5. The first-order valence-electron chi connectivity index (χ1n) is 8.35. The minimum absolute atomic E-state index is 0.0475. The van der Waals surface area contributed by atoms with Gasteiger partial charge in [-0.2, -0.15) is 0 Å². The number of ether oxygens (including phenoxy) is 1. The summed E-state index contributed by atoms with van der Waals surface area (Å²) in [6, 6.07) is 20.6. The Morgan fingerprint density at radius 3 is 2.38 bits per heavy atom. The van der Waals surface area contributed by atoms with Crippen LogP contribution in [0.25, 0.3) is 0 Å². The number of carbonyl (C=O) groups is 1. The maximum absolute atomic E-state index is 12.7. The van der Waals surface area contributed by atoms with Crippen LogP contribution in [0.4, 0.5) is 0 Å². The Hall–Kier alpha value is -2.72. The van der Waals surface area contributed by atoms with E-state index in [1.54, 1.807) is 29.2 Å². The lowest BCUT2D eigenvalue weighted by atomic mass is 10.2. The summed E-state index contributed by atoms with van der Waals surface area (Å²) in [4.78, 5) is 14.5. The van der Waals surface area contributed by atoms with E-state index in [0.717, 1.165) is 17.1 Å². The van der Waals surface area contributed by atoms with Crippen LogP contribution >= 0.6 is 11.6 Å². The smallest absolute Gasteiger partial charge is 0.261 e. The van der Waals surface area contributed by atoms with E-state index < -0.39 is 0 Å². The monoisotopic (exact) mass is 369 g/mol. The molecule has 3 aromatic rings. The minimum Gasteiger partial charge on any atom is -0.484 e. The number of carbonyl (C=O) groups excluding carboxylic acids is 1. The van der Waals surface area contributed by atoms with Crippen LogP contribution in [0.15, 0.2) is 71.1 Å². The lowest BCUT2D eigenvalue weighted by molar-refractivity contribution is -0.134. The van der Waals surface area contributed by atoms with E-state index in [1.165, 1.54) is 0 Å². The molecule has 134 valence electrons. The number of furan rings is 1. The molecule has 0 aliphatic carbocycles. The Bertz CT molecular complexity index is 843. The fourth-order valence-electron chi connectivity index (χ4n) is 2.56. The van der Waals surface area contributed by atoms with Gasteiger partial charge >= 0.3 is 0 Å². The number of amides is 1.